The van der Waals surface area contributed by atoms with Crippen molar-refractivity contribution in [1.29, 1.82) is 0 Å². The molecule has 1 aromatic carbocycles. The van der Waals surface area contributed by atoms with Crippen LogP contribution in [0.1, 0.15) is 10.5 Å². The Bertz CT molecular complexity index is 847. The maximum atomic E-state index is 12.2. The van der Waals surface area contributed by atoms with E-state index in [0.29, 0.717) is 28.0 Å². The number of pyridine rings is 1. The summed E-state index contributed by atoms with van der Waals surface area (Å²) in [5.74, 6) is 0.567. The van der Waals surface area contributed by atoms with Gasteiger partial charge in [-0.05, 0) is 24.3 Å². The number of ether oxygens (including phenoxy) is 1. The number of aromatic nitrogens is 3. The van der Waals surface area contributed by atoms with Gasteiger partial charge >= 0.3 is 0 Å². The zero-order chi connectivity index (χ0) is 16.2. The number of hydrogen-bond donors (Lipinski definition) is 1. The minimum atomic E-state index is -0.264. The Kier molecular flexibility index (Phi) is 4.25. The summed E-state index contributed by atoms with van der Waals surface area (Å²) in [5.41, 5.74) is 1.02. The summed E-state index contributed by atoms with van der Waals surface area (Å²) >= 11 is 6.05. The number of para-hydroxylation sites is 1. The second-order valence-corrected chi connectivity index (χ2v) is 5.12. The summed E-state index contributed by atoms with van der Waals surface area (Å²) in [4.78, 5) is 16.3. The molecule has 0 aliphatic carbocycles. The lowest BCUT2D eigenvalue weighted by Crippen LogP contribution is -2.16. The molecule has 0 spiro atoms. The first-order valence-electron chi connectivity index (χ1n) is 6.81. The van der Waals surface area contributed by atoms with Crippen LogP contribution in [0.5, 0.6) is 11.6 Å². The van der Waals surface area contributed by atoms with Crippen LogP contribution in [0.2, 0.25) is 5.02 Å². The number of anilines is 1. The third-order valence-corrected chi connectivity index (χ3v) is 3.41. The zero-order valence-corrected chi connectivity index (χ0v) is 13.0. The van der Waals surface area contributed by atoms with Gasteiger partial charge in [0.05, 0.1) is 5.02 Å². The van der Waals surface area contributed by atoms with Crippen LogP contribution < -0.4 is 10.1 Å². The first kappa shape index (κ1) is 15.1. The van der Waals surface area contributed by atoms with Crippen LogP contribution in [0.4, 0.5) is 5.69 Å². The van der Waals surface area contributed by atoms with Crippen molar-refractivity contribution in [3.8, 4) is 11.6 Å². The molecule has 0 unspecified atom stereocenters. The van der Waals surface area contributed by atoms with Gasteiger partial charge in [-0.25, -0.2) is 4.98 Å². The minimum absolute atomic E-state index is 0.264. The van der Waals surface area contributed by atoms with Crippen LogP contribution in [-0.4, -0.2) is 20.7 Å². The number of hydrogen-bond acceptors (Lipinski definition) is 4. The molecule has 2 heterocycles. The van der Waals surface area contributed by atoms with Crippen molar-refractivity contribution in [3.05, 3.63) is 65.6 Å². The molecule has 23 heavy (non-hydrogen) atoms. The molecule has 0 saturated carbocycles. The van der Waals surface area contributed by atoms with Gasteiger partial charge in [0.25, 0.3) is 5.91 Å². The number of carbonyl (C=O) groups excluding carboxylic acids is 1. The van der Waals surface area contributed by atoms with Crippen molar-refractivity contribution in [3.63, 3.8) is 0 Å². The van der Waals surface area contributed by atoms with Crippen molar-refractivity contribution >= 4 is 23.2 Å². The maximum Gasteiger partial charge on any atom is 0.273 e. The van der Waals surface area contributed by atoms with Crippen molar-refractivity contribution in [2.45, 2.75) is 0 Å². The van der Waals surface area contributed by atoms with E-state index in [4.69, 9.17) is 16.3 Å². The molecule has 3 rings (SSSR count). The fourth-order valence-electron chi connectivity index (χ4n) is 1.97. The molecule has 6 nitrogen and oxygen atoms in total. The van der Waals surface area contributed by atoms with Gasteiger partial charge in [-0.3, -0.25) is 9.48 Å². The van der Waals surface area contributed by atoms with Gasteiger partial charge in [-0.15, -0.1) is 0 Å². The molecule has 1 amide bonds. The fourth-order valence-corrected chi connectivity index (χ4v) is 2.15. The third-order valence-electron chi connectivity index (χ3n) is 3.10. The Morgan fingerprint density at radius 3 is 2.78 bits per heavy atom. The van der Waals surface area contributed by atoms with E-state index in [9.17, 15) is 4.79 Å². The number of amides is 1. The molecule has 0 aliphatic heterocycles. The highest BCUT2D eigenvalue weighted by Crippen LogP contribution is 2.28. The maximum absolute atomic E-state index is 12.2. The number of benzene rings is 1. The largest absolute Gasteiger partial charge is 0.437 e. The fraction of sp³-hybridized carbons (Fsp3) is 0.0625. The summed E-state index contributed by atoms with van der Waals surface area (Å²) in [5, 5.41) is 7.22. The molecule has 0 atom stereocenters. The first-order chi connectivity index (χ1) is 11.1. The Morgan fingerprint density at radius 1 is 1.22 bits per heavy atom. The van der Waals surface area contributed by atoms with E-state index in [-0.39, 0.29) is 5.91 Å². The summed E-state index contributed by atoms with van der Waals surface area (Å²) in [7, 11) is 1.70. The Morgan fingerprint density at radius 2 is 2.04 bits per heavy atom. The number of rotatable bonds is 4. The lowest BCUT2D eigenvalue weighted by atomic mass is 10.3. The highest BCUT2D eigenvalue weighted by atomic mass is 35.5. The topological polar surface area (TPSA) is 69.0 Å². The highest BCUT2D eigenvalue weighted by molar-refractivity contribution is 6.32. The normalized spacial score (nSPS) is 10.3. The van der Waals surface area contributed by atoms with E-state index < -0.39 is 0 Å². The lowest BCUT2D eigenvalue weighted by molar-refractivity contribution is 0.101. The lowest BCUT2D eigenvalue weighted by Gasteiger charge is -2.09. The minimum Gasteiger partial charge on any atom is -0.437 e. The molecule has 1 N–H and O–H groups in total. The molecule has 2 aromatic heterocycles. The molecule has 0 fully saturated rings. The monoisotopic (exact) mass is 328 g/mol. The number of nitrogens with one attached hydrogen (secondary N) is 1. The van der Waals surface area contributed by atoms with Gasteiger partial charge < -0.3 is 10.1 Å². The van der Waals surface area contributed by atoms with Crippen molar-refractivity contribution in [1.82, 2.24) is 14.8 Å². The van der Waals surface area contributed by atoms with Crippen molar-refractivity contribution in [2.24, 2.45) is 7.05 Å². The van der Waals surface area contributed by atoms with Crippen LogP contribution >= 0.6 is 11.6 Å². The summed E-state index contributed by atoms with van der Waals surface area (Å²) in [6, 6.07) is 12.0. The summed E-state index contributed by atoms with van der Waals surface area (Å²) in [6.07, 6.45) is 3.11. The van der Waals surface area contributed by atoms with Gasteiger partial charge in [-0.1, -0.05) is 23.7 Å². The van der Waals surface area contributed by atoms with Crippen LogP contribution in [-0.2, 0) is 7.05 Å². The molecular weight excluding hydrogens is 316 g/mol. The molecule has 0 aliphatic rings. The van der Waals surface area contributed by atoms with Gasteiger partial charge in [0, 0.05) is 31.2 Å². The third kappa shape index (κ3) is 3.49. The van der Waals surface area contributed by atoms with Crippen LogP contribution in [0.3, 0.4) is 0 Å². The van der Waals surface area contributed by atoms with E-state index in [2.05, 4.69) is 15.4 Å². The molecule has 7 heteroatoms. The van der Waals surface area contributed by atoms with Gasteiger partial charge in [0.15, 0.2) is 0 Å². The van der Waals surface area contributed by atoms with Gasteiger partial charge in [0.1, 0.15) is 11.4 Å². The second-order valence-electron chi connectivity index (χ2n) is 4.71. The summed E-state index contributed by atoms with van der Waals surface area (Å²) in [6.45, 7) is 0. The predicted molar refractivity (Wildman–Crippen MR) is 86.9 cm³/mol. The number of halogens is 1. The standard InChI is InChI=1S/C16H13ClN4O2/c1-21-13(7-9-19-21)16(22)20-11-6-8-18-15(10-11)23-14-5-3-2-4-12(14)17/h2-10H,1H3,(H,18,20,22). The number of nitrogens with zero attached hydrogens (tertiary/aromatic N) is 3. The van der Waals surface area contributed by atoms with E-state index in [1.54, 1.807) is 49.8 Å². The van der Waals surface area contributed by atoms with Crippen LogP contribution in [0, 0.1) is 0 Å². The van der Waals surface area contributed by atoms with E-state index >= 15 is 0 Å². The zero-order valence-electron chi connectivity index (χ0n) is 12.2. The second kappa shape index (κ2) is 6.50. The van der Waals surface area contributed by atoms with Gasteiger partial charge in [-0.2, -0.15) is 5.10 Å². The highest BCUT2D eigenvalue weighted by Gasteiger charge is 2.11. The molecule has 116 valence electrons. The molecule has 3 aromatic rings. The van der Waals surface area contributed by atoms with Crippen LogP contribution in [0.15, 0.2) is 54.9 Å². The molecule has 0 radical (unpaired) electrons. The number of aryl methyl sites for hydroxylation is 1. The Balaban J connectivity index is 1.76. The molecule has 0 saturated heterocycles. The van der Waals surface area contributed by atoms with E-state index in [0.717, 1.165) is 0 Å². The van der Waals surface area contributed by atoms with Crippen LogP contribution in [0.25, 0.3) is 0 Å². The average molecular weight is 329 g/mol. The molecule has 0 bridgehead atoms. The number of carbonyl (C=O) groups is 1. The Hall–Kier alpha value is -2.86. The Labute approximate surface area is 137 Å². The summed E-state index contributed by atoms with van der Waals surface area (Å²) < 4.78 is 7.13. The molecular formula is C16H13ClN4O2. The predicted octanol–water partition coefficient (Wildman–Crippen LogP) is 3.51. The quantitative estimate of drug-likeness (QED) is 0.795. The van der Waals surface area contributed by atoms with E-state index in [1.165, 1.54) is 4.68 Å². The smallest absolute Gasteiger partial charge is 0.273 e. The van der Waals surface area contributed by atoms with Gasteiger partial charge in [0.2, 0.25) is 5.88 Å². The van der Waals surface area contributed by atoms with E-state index in [1.807, 2.05) is 12.1 Å². The SMILES string of the molecule is Cn1nccc1C(=O)Nc1ccnc(Oc2ccccc2Cl)c1. The first-order valence-corrected chi connectivity index (χ1v) is 7.19. The van der Waals surface area contributed by atoms with Crippen molar-refractivity contribution in [2.75, 3.05) is 5.32 Å². The average Bonchev–Trinajstić information content (AvgIpc) is 2.96. The van der Waals surface area contributed by atoms with Crippen molar-refractivity contribution < 1.29 is 9.53 Å².